The predicted octanol–water partition coefficient (Wildman–Crippen LogP) is 1.49. The van der Waals surface area contributed by atoms with Gasteiger partial charge in [0.05, 0.1) is 5.52 Å². The number of pyridine rings is 1. The maximum Gasteiger partial charge on any atom is 0.252 e. The largest absolute Gasteiger partial charge is 0.409 e. The zero-order valence-electron chi connectivity index (χ0n) is 11.1. The van der Waals surface area contributed by atoms with Crippen molar-refractivity contribution in [1.82, 2.24) is 10.3 Å². The highest BCUT2D eigenvalue weighted by Gasteiger charge is 2.13. The minimum atomic E-state index is -0.231. The van der Waals surface area contributed by atoms with Crippen molar-refractivity contribution in [2.75, 3.05) is 0 Å². The quantitative estimate of drug-likeness (QED) is 0.340. The van der Waals surface area contributed by atoms with Gasteiger partial charge in [0, 0.05) is 29.6 Å². The minimum Gasteiger partial charge on any atom is -0.409 e. The first kappa shape index (κ1) is 13.8. The van der Waals surface area contributed by atoms with Gasteiger partial charge in [-0.05, 0) is 25.1 Å². The van der Waals surface area contributed by atoms with Crippen LogP contribution in [-0.4, -0.2) is 28.0 Å². The van der Waals surface area contributed by atoms with Crippen LogP contribution in [0.15, 0.2) is 41.7 Å². The first-order valence-corrected chi connectivity index (χ1v) is 6.23. The van der Waals surface area contributed by atoms with Crippen molar-refractivity contribution in [2.45, 2.75) is 19.4 Å². The molecule has 2 rings (SSSR count). The Balaban J connectivity index is 2.20. The van der Waals surface area contributed by atoms with Crippen molar-refractivity contribution in [3.05, 3.63) is 42.1 Å². The highest BCUT2D eigenvalue weighted by Crippen LogP contribution is 2.16. The molecule has 0 saturated heterocycles. The van der Waals surface area contributed by atoms with Gasteiger partial charge in [-0.1, -0.05) is 17.3 Å². The number of carbonyl (C=O) groups excluding carboxylic acids is 1. The molecule has 0 spiro atoms. The minimum absolute atomic E-state index is 0.0809. The average molecular weight is 272 g/mol. The van der Waals surface area contributed by atoms with Gasteiger partial charge in [0.1, 0.15) is 5.84 Å². The zero-order valence-corrected chi connectivity index (χ0v) is 11.1. The third kappa shape index (κ3) is 3.03. The fraction of sp³-hybridized carbons (Fsp3) is 0.214. The van der Waals surface area contributed by atoms with Crippen LogP contribution in [-0.2, 0) is 0 Å². The lowest BCUT2D eigenvalue weighted by Gasteiger charge is -2.13. The topological polar surface area (TPSA) is 101 Å². The van der Waals surface area contributed by atoms with Crippen LogP contribution >= 0.6 is 0 Å². The normalized spacial score (nSPS) is 13.2. The van der Waals surface area contributed by atoms with Gasteiger partial charge < -0.3 is 16.3 Å². The molecule has 104 valence electrons. The van der Waals surface area contributed by atoms with Gasteiger partial charge in [-0.3, -0.25) is 9.78 Å². The average Bonchev–Trinajstić information content (AvgIpc) is 2.46. The van der Waals surface area contributed by atoms with Gasteiger partial charge >= 0.3 is 0 Å². The Labute approximate surface area is 116 Å². The molecule has 0 aliphatic heterocycles. The van der Waals surface area contributed by atoms with Crippen LogP contribution in [0.25, 0.3) is 10.9 Å². The van der Waals surface area contributed by atoms with E-state index in [2.05, 4.69) is 15.5 Å². The molecule has 0 fully saturated rings. The molecule has 1 aromatic carbocycles. The second-order valence-electron chi connectivity index (χ2n) is 4.55. The van der Waals surface area contributed by atoms with Gasteiger partial charge in [0.2, 0.25) is 0 Å². The number of hydrogen-bond donors (Lipinski definition) is 3. The summed E-state index contributed by atoms with van der Waals surface area (Å²) in [5, 5.41) is 15.0. The smallest absolute Gasteiger partial charge is 0.252 e. The highest BCUT2D eigenvalue weighted by atomic mass is 16.4. The van der Waals surface area contributed by atoms with E-state index >= 15 is 0 Å². The summed E-state index contributed by atoms with van der Waals surface area (Å²) in [4.78, 5) is 16.5. The molecule has 0 saturated carbocycles. The molecule has 1 aromatic heterocycles. The number of carbonyl (C=O) groups is 1. The van der Waals surface area contributed by atoms with Crippen molar-refractivity contribution in [3.8, 4) is 0 Å². The van der Waals surface area contributed by atoms with Crippen LogP contribution in [0, 0.1) is 0 Å². The fourth-order valence-corrected chi connectivity index (χ4v) is 2.01. The van der Waals surface area contributed by atoms with E-state index in [0.29, 0.717) is 5.56 Å². The molecule has 0 bridgehead atoms. The van der Waals surface area contributed by atoms with E-state index in [4.69, 9.17) is 10.9 Å². The number of fused-ring (bicyclic) bond motifs is 1. The van der Waals surface area contributed by atoms with E-state index < -0.39 is 0 Å². The lowest BCUT2D eigenvalue weighted by Crippen LogP contribution is -2.35. The molecule has 1 amide bonds. The van der Waals surface area contributed by atoms with Crippen LogP contribution in [0.1, 0.15) is 23.7 Å². The Morgan fingerprint density at radius 2 is 2.25 bits per heavy atom. The van der Waals surface area contributed by atoms with E-state index in [9.17, 15) is 4.79 Å². The van der Waals surface area contributed by atoms with Crippen LogP contribution in [0.2, 0.25) is 0 Å². The summed E-state index contributed by atoms with van der Waals surface area (Å²) in [6, 6.07) is 8.80. The molecule has 1 atom stereocenters. The lowest BCUT2D eigenvalue weighted by molar-refractivity contribution is 0.0942. The van der Waals surface area contributed by atoms with Crippen molar-refractivity contribution < 1.29 is 10.0 Å². The first-order chi connectivity index (χ1) is 9.61. The maximum absolute atomic E-state index is 12.3. The maximum atomic E-state index is 12.3. The Morgan fingerprint density at radius 3 is 3.00 bits per heavy atom. The van der Waals surface area contributed by atoms with Crippen LogP contribution in [0.3, 0.4) is 0 Å². The van der Waals surface area contributed by atoms with Crippen LogP contribution in [0.4, 0.5) is 0 Å². The third-order valence-electron chi connectivity index (χ3n) is 2.91. The van der Waals surface area contributed by atoms with Crippen molar-refractivity contribution in [1.29, 1.82) is 0 Å². The Bertz CT molecular complexity index is 649. The summed E-state index contributed by atoms with van der Waals surface area (Å²) in [6.07, 6.45) is 1.97. The zero-order chi connectivity index (χ0) is 14.5. The summed E-state index contributed by atoms with van der Waals surface area (Å²) < 4.78 is 0. The number of amidine groups is 1. The van der Waals surface area contributed by atoms with Gasteiger partial charge in [-0.15, -0.1) is 0 Å². The molecule has 0 aliphatic carbocycles. The SMILES string of the molecule is CC(CC(N)=NO)NC(=O)c1cccc2ncccc12. The second kappa shape index (κ2) is 6.01. The van der Waals surface area contributed by atoms with Crippen molar-refractivity contribution >= 4 is 22.6 Å². The first-order valence-electron chi connectivity index (χ1n) is 6.23. The highest BCUT2D eigenvalue weighted by molar-refractivity contribution is 6.06. The van der Waals surface area contributed by atoms with Crippen LogP contribution in [0.5, 0.6) is 0 Å². The number of aromatic nitrogens is 1. The molecule has 0 aliphatic rings. The fourth-order valence-electron chi connectivity index (χ4n) is 2.01. The molecule has 6 heteroatoms. The number of nitrogens with one attached hydrogen (secondary N) is 1. The molecule has 1 heterocycles. The standard InChI is InChI=1S/C14H16N4O2/c1-9(8-13(15)18-20)17-14(19)11-4-2-6-12-10(11)5-3-7-16-12/h2-7,9,20H,8H2,1H3,(H2,15,18)(H,17,19). The van der Waals surface area contributed by atoms with E-state index in [1.807, 2.05) is 12.1 Å². The summed E-state index contributed by atoms with van der Waals surface area (Å²) in [6.45, 7) is 1.79. The van der Waals surface area contributed by atoms with Gasteiger partial charge in [-0.25, -0.2) is 0 Å². The number of oxime groups is 1. The molecule has 2 aromatic rings. The molecular formula is C14H16N4O2. The molecule has 20 heavy (non-hydrogen) atoms. The molecule has 4 N–H and O–H groups in total. The van der Waals surface area contributed by atoms with Gasteiger partial charge in [0.15, 0.2) is 0 Å². The number of hydrogen-bond acceptors (Lipinski definition) is 4. The van der Waals surface area contributed by atoms with Crippen LogP contribution < -0.4 is 11.1 Å². The van der Waals surface area contributed by atoms with E-state index in [1.54, 1.807) is 31.3 Å². The van der Waals surface area contributed by atoms with Crippen molar-refractivity contribution in [3.63, 3.8) is 0 Å². The molecule has 6 nitrogen and oxygen atoms in total. The number of amides is 1. The number of benzene rings is 1. The monoisotopic (exact) mass is 272 g/mol. The number of nitrogens with zero attached hydrogens (tertiary/aromatic N) is 2. The lowest BCUT2D eigenvalue weighted by atomic mass is 10.1. The summed E-state index contributed by atoms with van der Waals surface area (Å²) in [5.74, 6) is -0.126. The second-order valence-corrected chi connectivity index (χ2v) is 4.55. The Kier molecular flexibility index (Phi) is 4.14. The van der Waals surface area contributed by atoms with Gasteiger partial charge in [-0.2, -0.15) is 0 Å². The molecule has 1 unspecified atom stereocenters. The Morgan fingerprint density at radius 1 is 1.45 bits per heavy atom. The summed E-state index contributed by atoms with van der Waals surface area (Å²) in [7, 11) is 0. The summed E-state index contributed by atoms with van der Waals surface area (Å²) >= 11 is 0. The van der Waals surface area contributed by atoms with E-state index in [-0.39, 0.29) is 24.2 Å². The van der Waals surface area contributed by atoms with E-state index in [0.717, 1.165) is 10.9 Å². The number of rotatable bonds is 4. The molecule has 0 radical (unpaired) electrons. The Hall–Kier alpha value is -2.63. The number of nitrogens with two attached hydrogens (primary N) is 1. The van der Waals surface area contributed by atoms with Gasteiger partial charge in [0.25, 0.3) is 5.91 Å². The predicted molar refractivity (Wildman–Crippen MR) is 76.7 cm³/mol. The molecular weight excluding hydrogens is 256 g/mol. The van der Waals surface area contributed by atoms with Crippen molar-refractivity contribution in [2.24, 2.45) is 10.9 Å². The van der Waals surface area contributed by atoms with E-state index in [1.165, 1.54) is 0 Å². The third-order valence-corrected chi connectivity index (χ3v) is 2.91. The summed E-state index contributed by atoms with van der Waals surface area (Å²) in [5.41, 5.74) is 6.74.